The van der Waals surface area contributed by atoms with Crippen molar-refractivity contribution in [3.8, 4) is 0 Å². The second kappa shape index (κ2) is 9.73. The first-order valence-electron chi connectivity index (χ1n) is 9.71. The molecule has 0 aliphatic carbocycles. The number of benzene rings is 2. The lowest BCUT2D eigenvalue weighted by atomic mass is 10.0. The quantitative estimate of drug-likeness (QED) is 0.515. The van der Waals surface area contributed by atoms with E-state index in [2.05, 4.69) is 10.6 Å². The smallest absolute Gasteiger partial charge is 0.348 e. The van der Waals surface area contributed by atoms with Gasteiger partial charge >= 0.3 is 5.97 Å². The summed E-state index contributed by atoms with van der Waals surface area (Å²) in [5.74, 6) is -1.69. The highest BCUT2D eigenvalue weighted by Crippen LogP contribution is 2.21. The van der Waals surface area contributed by atoms with Gasteiger partial charge in [0, 0.05) is 12.2 Å². The van der Waals surface area contributed by atoms with E-state index in [1.54, 1.807) is 24.3 Å². The van der Waals surface area contributed by atoms with Crippen molar-refractivity contribution in [1.29, 1.82) is 0 Å². The first kappa shape index (κ1) is 21.1. The number of nitrogens with one attached hydrogen (secondary N) is 2. The molecule has 1 aliphatic rings. The van der Waals surface area contributed by atoms with Crippen LogP contribution in [0.5, 0.6) is 0 Å². The van der Waals surface area contributed by atoms with Crippen LogP contribution in [-0.4, -0.2) is 36.9 Å². The van der Waals surface area contributed by atoms with Crippen molar-refractivity contribution in [2.75, 3.05) is 18.5 Å². The SMILES string of the molecule is C[C@H](OC(=O)C1=C(Nc2ccccc2)OCC1=O)C(=O)NC[C@H](C)c1ccccc1. The number of rotatable bonds is 8. The predicted octanol–water partition coefficient (Wildman–Crippen LogP) is 2.76. The Bertz CT molecular complexity index is 941. The molecule has 0 bridgehead atoms. The maximum atomic E-state index is 12.5. The van der Waals surface area contributed by atoms with E-state index < -0.39 is 23.8 Å². The minimum absolute atomic E-state index is 0.0292. The van der Waals surface area contributed by atoms with E-state index in [0.29, 0.717) is 12.2 Å². The van der Waals surface area contributed by atoms with Crippen molar-refractivity contribution < 1.29 is 23.9 Å². The van der Waals surface area contributed by atoms with Gasteiger partial charge in [0.15, 0.2) is 18.3 Å². The van der Waals surface area contributed by atoms with Crippen LogP contribution in [0.2, 0.25) is 0 Å². The van der Waals surface area contributed by atoms with Crippen LogP contribution in [0.25, 0.3) is 0 Å². The molecule has 7 nitrogen and oxygen atoms in total. The zero-order valence-electron chi connectivity index (χ0n) is 16.9. The van der Waals surface area contributed by atoms with E-state index in [9.17, 15) is 14.4 Å². The third kappa shape index (κ3) is 5.26. The Kier molecular flexibility index (Phi) is 6.85. The van der Waals surface area contributed by atoms with Crippen LogP contribution in [0, 0.1) is 0 Å². The summed E-state index contributed by atoms with van der Waals surface area (Å²) in [6.07, 6.45) is -1.06. The van der Waals surface area contributed by atoms with Gasteiger partial charge in [-0.1, -0.05) is 55.5 Å². The number of amides is 1. The van der Waals surface area contributed by atoms with Crippen LogP contribution in [-0.2, 0) is 23.9 Å². The van der Waals surface area contributed by atoms with Gasteiger partial charge in [0.2, 0.25) is 11.7 Å². The topological polar surface area (TPSA) is 93.7 Å². The molecule has 1 aliphatic heterocycles. The van der Waals surface area contributed by atoms with E-state index >= 15 is 0 Å². The predicted molar refractivity (Wildman–Crippen MR) is 111 cm³/mol. The minimum Gasteiger partial charge on any atom is -0.470 e. The molecule has 7 heteroatoms. The Hall–Kier alpha value is -3.61. The van der Waals surface area contributed by atoms with Gasteiger partial charge in [-0.05, 0) is 30.5 Å². The van der Waals surface area contributed by atoms with Crippen molar-refractivity contribution in [3.63, 3.8) is 0 Å². The Labute approximate surface area is 175 Å². The molecule has 0 saturated heterocycles. The maximum absolute atomic E-state index is 12.5. The molecule has 1 heterocycles. The van der Waals surface area contributed by atoms with Crippen molar-refractivity contribution >= 4 is 23.3 Å². The molecular weight excluding hydrogens is 384 g/mol. The van der Waals surface area contributed by atoms with Crippen LogP contribution >= 0.6 is 0 Å². The molecule has 0 unspecified atom stereocenters. The van der Waals surface area contributed by atoms with Crippen LogP contribution in [0.1, 0.15) is 25.3 Å². The fourth-order valence-corrected chi connectivity index (χ4v) is 2.94. The molecule has 1 amide bonds. The number of ether oxygens (including phenoxy) is 2. The fraction of sp³-hybridized carbons (Fsp3) is 0.261. The number of hydrogen-bond acceptors (Lipinski definition) is 6. The molecule has 30 heavy (non-hydrogen) atoms. The maximum Gasteiger partial charge on any atom is 0.348 e. The summed E-state index contributed by atoms with van der Waals surface area (Å²) in [7, 11) is 0. The Morgan fingerprint density at radius 3 is 2.33 bits per heavy atom. The molecular formula is C23H24N2O5. The van der Waals surface area contributed by atoms with Gasteiger partial charge in [0.1, 0.15) is 0 Å². The van der Waals surface area contributed by atoms with E-state index in [1.165, 1.54) is 6.92 Å². The van der Waals surface area contributed by atoms with Crippen molar-refractivity contribution in [2.45, 2.75) is 25.9 Å². The lowest BCUT2D eigenvalue weighted by Crippen LogP contribution is -2.38. The number of carbonyl (C=O) groups is 3. The molecule has 0 saturated carbocycles. The van der Waals surface area contributed by atoms with Gasteiger partial charge in [-0.2, -0.15) is 0 Å². The number of anilines is 1. The van der Waals surface area contributed by atoms with Gasteiger partial charge in [0.05, 0.1) is 0 Å². The summed E-state index contributed by atoms with van der Waals surface area (Å²) >= 11 is 0. The number of esters is 1. The third-order valence-electron chi connectivity index (χ3n) is 4.69. The molecule has 156 valence electrons. The molecule has 0 spiro atoms. The summed E-state index contributed by atoms with van der Waals surface area (Å²) in [4.78, 5) is 37.0. The molecule has 2 aromatic rings. The summed E-state index contributed by atoms with van der Waals surface area (Å²) in [6, 6.07) is 18.8. The van der Waals surface area contributed by atoms with Gasteiger partial charge < -0.3 is 20.1 Å². The molecule has 2 aromatic carbocycles. The highest BCUT2D eigenvalue weighted by Gasteiger charge is 2.34. The van der Waals surface area contributed by atoms with E-state index in [4.69, 9.17) is 9.47 Å². The van der Waals surface area contributed by atoms with Gasteiger partial charge in [-0.15, -0.1) is 0 Å². The number of carbonyl (C=O) groups excluding carboxylic acids is 3. The van der Waals surface area contributed by atoms with Crippen LogP contribution in [0.15, 0.2) is 72.1 Å². The Morgan fingerprint density at radius 1 is 1.03 bits per heavy atom. The summed E-state index contributed by atoms with van der Waals surface area (Å²) in [6.45, 7) is 3.60. The van der Waals surface area contributed by atoms with Crippen LogP contribution in [0.4, 0.5) is 5.69 Å². The van der Waals surface area contributed by atoms with Crippen molar-refractivity contribution in [1.82, 2.24) is 5.32 Å². The van der Waals surface area contributed by atoms with Crippen LogP contribution < -0.4 is 10.6 Å². The lowest BCUT2D eigenvalue weighted by Gasteiger charge is -2.17. The van der Waals surface area contributed by atoms with Gasteiger partial charge in [-0.3, -0.25) is 9.59 Å². The fourth-order valence-electron chi connectivity index (χ4n) is 2.94. The number of hydrogen-bond donors (Lipinski definition) is 2. The second-order valence-electron chi connectivity index (χ2n) is 7.01. The highest BCUT2D eigenvalue weighted by atomic mass is 16.6. The van der Waals surface area contributed by atoms with E-state index in [0.717, 1.165) is 5.56 Å². The molecule has 2 N–H and O–H groups in total. The average Bonchev–Trinajstić information content (AvgIpc) is 3.12. The molecule has 2 atom stereocenters. The minimum atomic E-state index is -1.06. The summed E-state index contributed by atoms with van der Waals surface area (Å²) in [5, 5.41) is 5.67. The second-order valence-corrected chi connectivity index (χ2v) is 7.01. The van der Waals surface area contributed by atoms with Gasteiger partial charge in [0.25, 0.3) is 5.91 Å². The lowest BCUT2D eigenvalue weighted by molar-refractivity contribution is -0.151. The number of para-hydroxylation sites is 1. The first-order chi connectivity index (χ1) is 14.5. The van der Waals surface area contributed by atoms with Crippen molar-refractivity contribution in [2.24, 2.45) is 0 Å². The molecule has 0 fully saturated rings. The largest absolute Gasteiger partial charge is 0.470 e. The standard InChI is InChI=1S/C23H24N2O5/c1-15(17-9-5-3-6-10-17)13-24-21(27)16(2)30-23(28)20-19(26)14-29-22(20)25-18-11-7-4-8-12-18/h3-12,15-16,25H,13-14H2,1-2H3,(H,24,27)/t15-,16-/m0/s1. The number of Topliss-reactive ketones (excluding diaryl/α,β-unsaturated/α-hetero) is 1. The Morgan fingerprint density at radius 2 is 1.67 bits per heavy atom. The molecule has 0 radical (unpaired) electrons. The molecule has 0 aromatic heterocycles. The molecule has 3 rings (SSSR count). The van der Waals surface area contributed by atoms with E-state index in [1.807, 2.05) is 43.3 Å². The summed E-state index contributed by atoms with van der Waals surface area (Å²) < 4.78 is 10.5. The highest BCUT2D eigenvalue weighted by molar-refractivity contribution is 6.20. The zero-order chi connectivity index (χ0) is 21.5. The normalized spacial score (nSPS) is 15.2. The van der Waals surface area contributed by atoms with Crippen molar-refractivity contribution in [3.05, 3.63) is 77.7 Å². The zero-order valence-corrected chi connectivity index (χ0v) is 16.9. The average molecular weight is 408 g/mol. The van der Waals surface area contributed by atoms with Crippen LogP contribution in [0.3, 0.4) is 0 Å². The first-order valence-corrected chi connectivity index (χ1v) is 9.71. The third-order valence-corrected chi connectivity index (χ3v) is 4.69. The number of ketones is 1. The monoisotopic (exact) mass is 408 g/mol. The Balaban J connectivity index is 1.58. The van der Waals surface area contributed by atoms with E-state index in [-0.39, 0.29) is 24.0 Å². The summed E-state index contributed by atoms with van der Waals surface area (Å²) in [5.41, 5.74) is 1.53. The van der Waals surface area contributed by atoms with Gasteiger partial charge in [-0.25, -0.2) is 4.79 Å².